The molecule has 1 radical (unpaired) electrons. The molecule has 0 fully saturated rings. The lowest BCUT2D eigenvalue weighted by molar-refractivity contribution is 0.448. The summed E-state index contributed by atoms with van der Waals surface area (Å²) in [5, 5.41) is 0. The molecular formula is C9H12BO. The molecule has 0 heterocycles. The topological polar surface area (TPSA) is 9.23 Å². The third kappa shape index (κ3) is 5.43. The Balaban J connectivity index is 4.09. The van der Waals surface area contributed by atoms with Gasteiger partial charge in [-0.2, -0.15) is 0 Å². The van der Waals surface area contributed by atoms with Crippen molar-refractivity contribution in [3.8, 4) is 0 Å². The molecule has 1 nitrogen and oxygen atoms in total. The highest BCUT2D eigenvalue weighted by molar-refractivity contribution is 6.39. The molecule has 0 rings (SSSR count). The third-order valence-electron chi connectivity index (χ3n) is 0.989. The Bertz CT molecular complexity index is 180. The zero-order chi connectivity index (χ0) is 8.53. The van der Waals surface area contributed by atoms with E-state index in [2.05, 4.69) is 13.2 Å². The van der Waals surface area contributed by atoms with Crippen LogP contribution < -0.4 is 0 Å². The lowest BCUT2D eigenvalue weighted by atomic mass is 9.86. The van der Waals surface area contributed by atoms with Crippen LogP contribution in [0, 0.1) is 0 Å². The zero-order valence-electron chi connectivity index (χ0n) is 6.79. The van der Waals surface area contributed by atoms with Crippen LogP contribution in [0.5, 0.6) is 0 Å². The van der Waals surface area contributed by atoms with Gasteiger partial charge < -0.3 is 4.65 Å². The molecule has 0 atom stereocenters. The summed E-state index contributed by atoms with van der Waals surface area (Å²) in [4.78, 5) is 0. The lowest BCUT2D eigenvalue weighted by Crippen LogP contribution is -1.95. The van der Waals surface area contributed by atoms with E-state index in [9.17, 15) is 0 Å². The van der Waals surface area contributed by atoms with Gasteiger partial charge in [-0.25, -0.2) is 0 Å². The molecule has 0 spiro atoms. The van der Waals surface area contributed by atoms with Crippen molar-refractivity contribution in [3.05, 3.63) is 49.0 Å². The Morgan fingerprint density at radius 3 is 2.55 bits per heavy atom. The van der Waals surface area contributed by atoms with Gasteiger partial charge >= 0.3 is 7.48 Å². The van der Waals surface area contributed by atoms with E-state index in [-0.39, 0.29) is 0 Å². The quantitative estimate of drug-likeness (QED) is 0.427. The SMILES string of the molecule is C=C/C=C\C([B]OC)=C/C=C. The Morgan fingerprint density at radius 1 is 1.36 bits per heavy atom. The van der Waals surface area contributed by atoms with Gasteiger partial charge in [-0.1, -0.05) is 49.0 Å². The predicted octanol–water partition coefficient (Wildman–Crippen LogP) is 2.06. The second-order valence-electron chi connectivity index (χ2n) is 1.85. The Hall–Kier alpha value is -1.02. The molecular weight excluding hydrogens is 135 g/mol. The van der Waals surface area contributed by atoms with Crippen molar-refractivity contribution in [1.82, 2.24) is 0 Å². The minimum Gasteiger partial charge on any atom is -0.437 e. The van der Waals surface area contributed by atoms with Gasteiger partial charge in [0.25, 0.3) is 0 Å². The molecule has 0 aliphatic rings. The molecule has 0 bridgehead atoms. The highest BCUT2D eigenvalue weighted by atomic mass is 16.4. The fraction of sp³-hybridized carbons (Fsp3) is 0.111. The molecule has 2 heteroatoms. The highest BCUT2D eigenvalue weighted by Gasteiger charge is 1.91. The summed E-state index contributed by atoms with van der Waals surface area (Å²) in [6.07, 6.45) is 8.99. The maximum atomic E-state index is 4.83. The van der Waals surface area contributed by atoms with Crippen LogP contribution in [0.15, 0.2) is 49.0 Å². The predicted molar refractivity (Wildman–Crippen MR) is 50.4 cm³/mol. The van der Waals surface area contributed by atoms with Crippen LogP contribution >= 0.6 is 0 Å². The van der Waals surface area contributed by atoms with Crippen molar-refractivity contribution in [3.63, 3.8) is 0 Å². The van der Waals surface area contributed by atoms with E-state index in [0.717, 1.165) is 5.47 Å². The van der Waals surface area contributed by atoms with E-state index < -0.39 is 0 Å². The van der Waals surface area contributed by atoms with Crippen molar-refractivity contribution >= 4 is 7.48 Å². The van der Waals surface area contributed by atoms with Gasteiger partial charge in [0.15, 0.2) is 0 Å². The Morgan fingerprint density at radius 2 is 2.09 bits per heavy atom. The van der Waals surface area contributed by atoms with Crippen LogP contribution in [0.4, 0.5) is 0 Å². The van der Waals surface area contributed by atoms with E-state index in [1.807, 2.05) is 18.2 Å². The first kappa shape index (κ1) is 9.98. The summed E-state index contributed by atoms with van der Waals surface area (Å²) in [7, 11) is 3.25. The second kappa shape index (κ2) is 7.10. The molecule has 0 aliphatic carbocycles. The van der Waals surface area contributed by atoms with Crippen LogP contribution in [0.2, 0.25) is 0 Å². The fourth-order valence-corrected chi connectivity index (χ4v) is 0.585. The summed E-state index contributed by atoms with van der Waals surface area (Å²) in [5.74, 6) is 0. The van der Waals surface area contributed by atoms with Gasteiger partial charge in [0.2, 0.25) is 0 Å². The largest absolute Gasteiger partial charge is 0.437 e. The molecule has 0 aliphatic heterocycles. The van der Waals surface area contributed by atoms with Gasteiger partial charge in [0, 0.05) is 7.11 Å². The van der Waals surface area contributed by atoms with E-state index in [4.69, 9.17) is 4.65 Å². The molecule has 0 aromatic heterocycles. The van der Waals surface area contributed by atoms with Crippen molar-refractivity contribution in [1.29, 1.82) is 0 Å². The molecule has 0 N–H and O–H groups in total. The van der Waals surface area contributed by atoms with E-state index in [1.54, 1.807) is 26.7 Å². The highest BCUT2D eigenvalue weighted by Crippen LogP contribution is 1.95. The van der Waals surface area contributed by atoms with Crippen molar-refractivity contribution < 1.29 is 4.65 Å². The molecule has 11 heavy (non-hydrogen) atoms. The first-order valence-corrected chi connectivity index (χ1v) is 3.33. The number of hydrogen-bond donors (Lipinski definition) is 0. The Kier molecular flexibility index (Phi) is 6.44. The van der Waals surface area contributed by atoms with Crippen LogP contribution in [0.3, 0.4) is 0 Å². The van der Waals surface area contributed by atoms with Crippen LogP contribution in [-0.2, 0) is 4.65 Å². The summed E-state index contributed by atoms with van der Waals surface area (Å²) in [6.45, 7) is 7.14. The van der Waals surface area contributed by atoms with Crippen molar-refractivity contribution in [2.24, 2.45) is 0 Å². The first-order valence-electron chi connectivity index (χ1n) is 3.33. The normalized spacial score (nSPS) is 11.5. The van der Waals surface area contributed by atoms with E-state index >= 15 is 0 Å². The smallest absolute Gasteiger partial charge is 0.329 e. The number of allylic oxidation sites excluding steroid dienone is 6. The molecule has 0 saturated carbocycles. The molecule has 0 amide bonds. The Labute approximate surface area is 69.0 Å². The van der Waals surface area contributed by atoms with E-state index in [0.29, 0.717) is 0 Å². The fourth-order valence-electron chi connectivity index (χ4n) is 0.585. The van der Waals surface area contributed by atoms with Crippen LogP contribution in [-0.4, -0.2) is 14.6 Å². The summed E-state index contributed by atoms with van der Waals surface area (Å²) >= 11 is 0. The molecule has 0 aromatic carbocycles. The second-order valence-corrected chi connectivity index (χ2v) is 1.85. The van der Waals surface area contributed by atoms with Gasteiger partial charge in [-0.05, 0) is 0 Å². The molecule has 57 valence electrons. The average Bonchev–Trinajstić information content (AvgIpc) is 2.01. The maximum Gasteiger partial charge on any atom is 0.329 e. The first-order chi connectivity index (χ1) is 5.35. The van der Waals surface area contributed by atoms with E-state index in [1.165, 1.54) is 0 Å². The maximum absolute atomic E-state index is 4.83. The monoisotopic (exact) mass is 147 g/mol. The van der Waals surface area contributed by atoms with Crippen molar-refractivity contribution in [2.75, 3.05) is 7.11 Å². The minimum atomic E-state index is 0.961. The van der Waals surface area contributed by atoms with Gasteiger partial charge in [-0.3, -0.25) is 0 Å². The van der Waals surface area contributed by atoms with Crippen LogP contribution in [0.1, 0.15) is 0 Å². The molecule has 0 unspecified atom stereocenters. The van der Waals surface area contributed by atoms with Crippen molar-refractivity contribution in [2.45, 2.75) is 0 Å². The van der Waals surface area contributed by atoms with Gasteiger partial charge in [0.1, 0.15) is 0 Å². The number of rotatable bonds is 5. The summed E-state index contributed by atoms with van der Waals surface area (Å²) < 4.78 is 4.83. The van der Waals surface area contributed by atoms with Gasteiger partial charge in [-0.15, -0.1) is 0 Å². The number of hydrogen-bond acceptors (Lipinski definition) is 1. The van der Waals surface area contributed by atoms with Crippen LogP contribution in [0.25, 0.3) is 0 Å². The molecule has 0 saturated heterocycles. The molecule has 0 aromatic rings. The summed E-state index contributed by atoms with van der Waals surface area (Å²) in [6, 6.07) is 0. The minimum absolute atomic E-state index is 0.961. The lowest BCUT2D eigenvalue weighted by Gasteiger charge is -1.93. The zero-order valence-corrected chi connectivity index (χ0v) is 6.79. The summed E-state index contributed by atoms with van der Waals surface area (Å²) in [5.41, 5.74) is 0.961. The third-order valence-corrected chi connectivity index (χ3v) is 0.989. The van der Waals surface area contributed by atoms with Gasteiger partial charge in [0.05, 0.1) is 0 Å². The average molecular weight is 147 g/mol. The standard InChI is InChI=1S/C9H12BO/c1-4-6-8-9(7-5-2)10-11-3/h4-8H,1-2H2,3H3/b8-6-,9-7+.